The van der Waals surface area contributed by atoms with Gasteiger partial charge in [-0.15, -0.1) is 0 Å². The summed E-state index contributed by atoms with van der Waals surface area (Å²) in [5.41, 5.74) is 0. The van der Waals surface area contributed by atoms with Gasteiger partial charge in [0.2, 0.25) is 0 Å². The van der Waals surface area contributed by atoms with Crippen LogP contribution >= 0.6 is 7.82 Å². The summed E-state index contributed by atoms with van der Waals surface area (Å²) >= 11 is 0. The van der Waals surface area contributed by atoms with Crippen LogP contribution in [0.5, 0.6) is 0 Å². The monoisotopic (exact) mass is 746 g/mol. The van der Waals surface area contributed by atoms with Gasteiger partial charge in [0.15, 0.2) is 6.10 Å². The van der Waals surface area contributed by atoms with Crippen LogP contribution in [0.4, 0.5) is 0 Å². The van der Waals surface area contributed by atoms with Gasteiger partial charge in [0.1, 0.15) is 6.61 Å². The highest BCUT2D eigenvalue weighted by Gasteiger charge is 2.22. The predicted molar refractivity (Wildman–Crippen MR) is 216 cm³/mol. The van der Waals surface area contributed by atoms with Crippen LogP contribution in [0.15, 0.2) is 85.1 Å². The number of hydrogen-bond acceptors (Lipinski definition) is 6. The number of phosphoric acid groups is 1. The quantitative estimate of drug-likeness (QED) is 0.0285. The Labute approximate surface area is 316 Å². The van der Waals surface area contributed by atoms with Crippen molar-refractivity contribution in [1.29, 1.82) is 0 Å². The van der Waals surface area contributed by atoms with Gasteiger partial charge >= 0.3 is 19.8 Å². The fourth-order valence-electron chi connectivity index (χ4n) is 4.98. The zero-order valence-electron chi connectivity index (χ0n) is 32.4. The molecule has 0 saturated heterocycles. The molecule has 0 aliphatic heterocycles. The minimum Gasteiger partial charge on any atom is -0.462 e. The average Bonchev–Trinajstić information content (AvgIpc) is 3.11. The molecule has 0 unspecified atom stereocenters. The maximum Gasteiger partial charge on any atom is 0.469 e. The third-order valence-electron chi connectivity index (χ3n) is 7.90. The molecule has 52 heavy (non-hydrogen) atoms. The van der Waals surface area contributed by atoms with E-state index in [1.54, 1.807) is 0 Å². The molecule has 0 aromatic heterocycles. The Morgan fingerprint density at radius 2 is 0.923 bits per heavy atom. The third kappa shape index (κ3) is 40.0. The van der Waals surface area contributed by atoms with Crippen LogP contribution in [0, 0.1) is 0 Å². The second-order valence-corrected chi connectivity index (χ2v) is 14.1. The summed E-state index contributed by atoms with van der Waals surface area (Å²) in [5.74, 6) is -1.01. The Morgan fingerprint density at radius 3 is 1.38 bits per heavy atom. The van der Waals surface area contributed by atoms with Crippen molar-refractivity contribution < 1.29 is 37.9 Å². The predicted octanol–water partition coefficient (Wildman–Crippen LogP) is 12.1. The topological polar surface area (TPSA) is 119 Å². The van der Waals surface area contributed by atoms with E-state index in [1.807, 2.05) is 12.2 Å². The van der Waals surface area contributed by atoms with Crippen LogP contribution in [0.2, 0.25) is 0 Å². The third-order valence-corrected chi connectivity index (χ3v) is 8.38. The number of phosphoric ester groups is 1. The Balaban J connectivity index is 4.13. The summed E-state index contributed by atoms with van der Waals surface area (Å²) in [5, 5.41) is 0. The molecule has 0 heterocycles. The van der Waals surface area contributed by atoms with Gasteiger partial charge < -0.3 is 19.3 Å². The smallest absolute Gasteiger partial charge is 0.462 e. The van der Waals surface area contributed by atoms with Crippen LogP contribution in [0.3, 0.4) is 0 Å². The lowest BCUT2D eigenvalue weighted by Gasteiger charge is -2.18. The zero-order valence-corrected chi connectivity index (χ0v) is 33.3. The highest BCUT2D eigenvalue weighted by Crippen LogP contribution is 2.35. The largest absolute Gasteiger partial charge is 0.469 e. The summed E-state index contributed by atoms with van der Waals surface area (Å²) in [6.07, 6.45) is 50.3. The molecule has 0 spiro atoms. The van der Waals surface area contributed by atoms with E-state index in [1.165, 1.54) is 57.8 Å². The van der Waals surface area contributed by atoms with Gasteiger partial charge in [-0.05, 0) is 77.0 Å². The molecule has 2 N–H and O–H groups in total. The number of unbranched alkanes of at least 4 members (excludes halogenated alkanes) is 11. The molecule has 0 rings (SSSR count). The van der Waals surface area contributed by atoms with E-state index in [9.17, 15) is 14.2 Å². The molecule has 0 aliphatic carbocycles. The summed E-state index contributed by atoms with van der Waals surface area (Å²) in [4.78, 5) is 42.7. The molecular formula is C43H71O8P. The highest BCUT2D eigenvalue weighted by molar-refractivity contribution is 7.46. The maximum absolute atomic E-state index is 12.4. The highest BCUT2D eigenvalue weighted by atomic mass is 31.2. The van der Waals surface area contributed by atoms with E-state index in [2.05, 4.69) is 91.3 Å². The van der Waals surface area contributed by atoms with Crippen LogP contribution in [-0.4, -0.2) is 41.0 Å². The van der Waals surface area contributed by atoms with Gasteiger partial charge in [-0.1, -0.05) is 150 Å². The minimum atomic E-state index is -4.78. The Hall–Kier alpha value is -2.77. The normalized spacial score (nSPS) is 13.4. The van der Waals surface area contributed by atoms with Crippen molar-refractivity contribution in [3.8, 4) is 0 Å². The maximum atomic E-state index is 12.4. The van der Waals surface area contributed by atoms with Crippen molar-refractivity contribution in [2.75, 3.05) is 13.2 Å². The zero-order chi connectivity index (χ0) is 38.2. The molecule has 1 atom stereocenters. The molecular weight excluding hydrogens is 675 g/mol. The van der Waals surface area contributed by atoms with Crippen molar-refractivity contribution in [3.63, 3.8) is 0 Å². The van der Waals surface area contributed by atoms with Gasteiger partial charge in [0.25, 0.3) is 0 Å². The summed E-state index contributed by atoms with van der Waals surface area (Å²) in [6, 6.07) is 0. The summed E-state index contributed by atoms with van der Waals surface area (Å²) < 4.78 is 26.2. The first-order chi connectivity index (χ1) is 25.3. The number of ether oxygens (including phenoxy) is 2. The first kappa shape index (κ1) is 49.2. The van der Waals surface area contributed by atoms with Gasteiger partial charge in [0, 0.05) is 12.8 Å². The van der Waals surface area contributed by atoms with Crippen molar-refractivity contribution >= 4 is 19.8 Å². The fraction of sp³-hybridized carbons (Fsp3) is 0.628. The summed E-state index contributed by atoms with van der Waals surface area (Å²) in [7, 11) is -4.78. The number of hydrogen-bond donors (Lipinski definition) is 2. The molecule has 296 valence electrons. The number of carbonyl (C=O) groups excluding carboxylic acids is 2. The second-order valence-electron chi connectivity index (χ2n) is 12.9. The molecule has 0 aromatic carbocycles. The fourth-order valence-corrected chi connectivity index (χ4v) is 5.34. The molecule has 0 amide bonds. The lowest BCUT2D eigenvalue weighted by Crippen LogP contribution is -2.29. The molecule has 0 radical (unpaired) electrons. The van der Waals surface area contributed by atoms with Crippen LogP contribution in [-0.2, 0) is 28.2 Å². The SMILES string of the molecule is CC/C=C/C/C=C/C/C=C/C/C=C/C/C=C/CCCC(=O)OC[C@H](COP(=O)(O)O)OC(=O)CCC/C=C/C/C=C/CCCCCCCCCCC. The van der Waals surface area contributed by atoms with Gasteiger partial charge in [0.05, 0.1) is 6.61 Å². The Kier molecular flexibility index (Phi) is 35.9. The number of esters is 2. The van der Waals surface area contributed by atoms with Crippen LogP contribution in [0.25, 0.3) is 0 Å². The van der Waals surface area contributed by atoms with Crippen LogP contribution < -0.4 is 0 Å². The minimum absolute atomic E-state index is 0.131. The molecule has 8 nitrogen and oxygen atoms in total. The average molecular weight is 747 g/mol. The first-order valence-corrected chi connectivity index (χ1v) is 21.4. The van der Waals surface area contributed by atoms with Gasteiger partial charge in [-0.2, -0.15) is 0 Å². The Morgan fingerprint density at radius 1 is 0.519 bits per heavy atom. The van der Waals surface area contributed by atoms with Crippen molar-refractivity contribution in [1.82, 2.24) is 0 Å². The van der Waals surface area contributed by atoms with Crippen molar-refractivity contribution in [3.05, 3.63) is 85.1 Å². The lowest BCUT2D eigenvalue weighted by atomic mass is 10.1. The van der Waals surface area contributed by atoms with E-state index in [4.69, 9.17) is 19.3 Å². The molecule has 0 saturated carbocycles. The van der Waals surface area contributed by atoms with Crippen molar-refractivity contribution in [2.24, 2.45) is 0 Å². The van der Waals surface area contributed by atoms with Gasteiger partial charge in [-0.25, -0.2) is 4.57 Å². The Bertz CT molecular complexity index is 1110. The van der Waals surface area contributed by atoms with E-state index < -0.39 is 32.5 Å². The molecule has 0 bridgehead atoms. The molecule has 0 aromatic rings. The number of carbonyl (C=O) groups is 2. The van der Waals surface area contributed by atoms with E-state index in [0.29, 0.717) is 25.7 Å². The number of allylic oxidation sites excluding steroid dienone is 14. The first-order valence-electron chi connectivity index (χ1n) is 19.9. The van der Waals surface area contributed by atoms with Gasteiger partial charge in [-0.3, -0.25) is 14.1 Å². The molecule has 0 aliphatic rings. The summed E-state index contributed by atoms with van der Waals surface area (Å²) in [6.45, 7) is 3.47. The standard InChI is InChI=1S/C43H71O8P/c1-3-5-7-9-11-13-15-17-19-21-23-25-27-29-31-33-35-37-42(44)49-39-41(40-50-52(46,47)48)51-43(45)38-36-34-32-30-28-26-24-22-20-18-16-14-12-10-8-6-4-2/h5,7,11,13,17,19,23-26,29-32,41H,3-4,6,8-10,12,14-16,18,20-22,27-28,33-40H2,1-2H3,(H2,46,47,48)/b7-5+,13-11+,19-17+,25-23+,26-24+,31-29+,32-30+/t41-/m1/s1. The van der Waals surface area contributed by atoms with Crippen LogP contribution in [0.1, 0.15) is 155 Å². The van der Waals surface area contributed by atoms with Crippen molar-refractivity contribution in [2.45, 2.75) is 161 Å². The number of rotatable bonds is 35. The van der Waals surface area contributed by atoms with E-state index in [0.717, 1.165) is 44.9 Å². The lowest BCUT2D eigenvalue weighted by molar-refractivity contribution is -0.161. The second kappa shape index (κ2) is 38.0. The van der Waals surface area contributed by atoms with E-state index >= 15 is 0 Å². The van der Waals surface area contributed by atoms with E-state index in [-0.39, 0.29) is 19.4 Å². The molecule has 9 heteroatoms. The molecule has 0 fully saturated rings.